The molecule has 0 saturated heterocycles. The molecule has 0 amide bonds. The number of nitrogens with one attached hydrogen (secondary N) is 1. The van der Waals surface area contributed by atoms with Crippen LogP contribution in [0.15, 0.2) is 47.4 Å². The lowest BCUT2D eigenvalue weighted by molar-refractivity contribution is 0.545. The van der Waals surface area contributed by atoms with Gasteiger partial charge < -0.3 is 5.32 Å². The van der Waals surface area contributed by atoms with Crippen molar-refractivity contribution in [3.63, 3.8) is 0 Å². The van der Waals surface area contributed by atoms with Gasteiger partial charge in [-0.3, -0.25) is 0 Å². The van der Waals surface area contributed by atoms with E-state index in [1.54, 1.807) is 23.9 Å². The van der Waals surface area contributed by atoms with Crippen molar-refractivity contribution in [3.05, 3.63) is 64.4 Å². The first-order valence-electron chi connectivity index (χ1n) is 6.98. The van der Waals surface area contributed by atoms with Gasteiger partial charge in [-0.15, -0.1) is 11.8 Å². The topological polar surface area (TPSA) is 12.0 Å². The van der Waals surface area contributed by atoms with Gasteiger partial charge in [-0.1, -0.05) is 42.3 Å². The van der Waals surface area contributed by atoms with Crippen molar-refractivity contribution in [1.82, 2.24) is 5.32 Å². The molecular formula is C17H19ClFNS. The minimum Gasteiger partial charge on any atom is -0.309 e. The van der Waals surface area contributed by atoms with Crippen molar-refractivity contribution in [2.45, 2.75) is 24.8 Å². The molecule has 2 aromatic carbocycles. The smallest absolute Gasteiger partial charge is 0.129 e. The first-order chi connectivity index (χ1) is 10.1. The first kappa shape index (κ1) is 16.3. The van der Waals surface area contributed by atoms with Crippen LogP contribution in [0.4, 0.5) is 4.39 Å². The zero-order chi connectivity index (χ0) is 15.2. The molecule has 1 nitrogen and oxygen atoms in total. The highest BCUT2D eigenvalue weighted by atomic mass is 35.5. The standard InChI is InChI=1S/C17H19ClFNS/c1-3-20-17(15-8-7-13(18)10-16(15)19)11-21-14-6-4-5-12(2)9-14/h4-10,17,20H,3,11H2,1-2H3. The molecule has 0 aliphatic heterocycles. The van der Waals surface area contributed by atoms with E-state index in [0.29, 0.717) is 10.6 Å². The SMILES string of the molecule is CCNC(CSc1cccc(C)c1)c1ccc(Cl)cc1F. The van der Waals surface area contributed by atoms with Gasteiger partial charge in [0.2, 0.25) is 0 Å². The van der Waals surface area contributed by atoms with Crippen LogP contribution in [0.5, 0.6) is 0 Å². The number of hydrogen-bond acceptors (Lipinski definition) is 2. The number of benzene rings is 2. The van der Waals surface area contributed by atoms with Gasteiger partial charge in [-0.25, -0.2) is 4.39 Å². The van der Waals surface area contributed by atoms with E-state index in [1.165, 1.54) is 16.5 Å². The third-order valence-corrected chi connectivity index (χ3v) is 4.52. The Morgan fingerprint density at radius 3 is 2.71 bits per heavy atom. The molecule has 0 spiro atoms. The van der Waals surface area contributed by atoms with Crippen molar-refractivity contribution in [3.8, 4) is 0 Å². The Kier molecular flexibility index (Phi) is 6.09. The monoisotopic (exact) mass is 323 g/mol. The van der Waals surface area contributed by atoms with Crippen LogP contribution in [0, 0.1) is 12.7 Å². The van der Waals surface area contributed by atoms with Crippen LogP contribution in [0.1, 0.15) is 24.1 Å². The van der Waals surface area contributed by atoms with E-state index in [4.69, 9.17) is 11.6 Å². The van der Waals surface area contributed by atoms with Gasteiger partial charge in [-0.05, 0) is 37.7 Å². The summed E-state index contributed by atoms with van der Waals surface area (Å²) in [6, 6.07) is 13.2. The van der Waals surface area contributed by atoms with Gasteiger partial charge in [0.15, 0.2) is 0 Å². The van der Waals surface area contributed by atoms with E-state index >= 15 is 0 Å². The molecule has 112 valence electrons. The lowest BCUT2D eigenvalue weighted by Gasteiger charge is -2.19. The van der Waals surface area contributed by atoms with E-state index < -0.39 is 0 Å². The fourth-order valence-corrected chi connectivity index (χ4v) is 3.43. The molecule has 0 radical (unpaired) electrons. The highest BCUT2D eigenvalue weighted by molar-refractivity contribution is 7.99. The zero-order valence-corrected chi connectivity index (χ0v) is 13.8. The predicted molar refractivity (Wildman–Crippen MR) is 89.7 cm³/mol. The lowest BCUT2D eigenvalue weighted by Crippen LogP contribution is -2.24. The summed E-state index contributed by atoms with van der Waals surface area (Å²) in [6.07, 6.45) is 0. The molecule has 0 aliphatic rings. The number of thioether (sulfide) groups is 1. The Balaban J connectivity index is 2.12. The molecule has 0 aromatic heterocycles. The Labute approximate surface area is 134 Å². The molecule has 0 aliphatic carbocycles. The summed E-state index contributed by atoms with van der Waals surface area (Å²) < 4.78 is 14.1. The predicted octanol–water partition coefficient (Wildman–Crippen LogP) is 5.23. The van der Waals surface area contributed by atoms with Crippen molar-refractivity contribution in [1.29, 1.82) is 0 Å². The molecule has 2 rings (SSSR count). The van der Waals surface area contributed by atoms with Gasteiger partial charge in [0.25, 0.3) is 0 Å². The van der Waals surface area contributed by atoms with Crippen LogP contribution in [-0.4, -0.2) is 12.3 Å². The average Bonchev–Trinajstić information content (AvgIpc) is 2.44. The van der Waals surface area contributed by atoms with Gasteiger partial charge in [0, 0.05) is 27.3 Å². The molecule has 0 saturated carbocycles. The van der Waals surface area contributed by atoms with Gasteiger partial charge in [0.05, 0.1) is 0 Å². The summed E-state index contributed by atoms with van der Waals surface area (Å²) in [5.74, 6) is 0.522. The number of hydrogen-bond donors (Lipinski definition) is 1. The van der Waals surface area contributed by atoms with E-state index in [1.807, 2.05) is 13.0 Å². The van der Waals surface area contributed by atoms with Crippen LogP contribution in [0.25, 0.3) is 0 Å². The molecule has 1 unspecified atom stereocenters. The fourth-order valence-electron chi connectivity index (χ4n) is 2.17. The first-order valence-corrected chi connectivity index (χ1v) is 8.34. The van der Waals surface area contributed by atoms with Crippen LogP contribution in [0.3, 0.4) is 0 Å². The summed E-state index contributed by atoms with van der Waals surface area (Å²) in [7, 11) is 0. The second-order valence-corrected chi connectivity index (χ2v) is 6.43. The third kappa shape index (κ3) is 4.73. The molecule has 0 fully saturated rings. The van der Waals surface area contributed by atoms with Gasteiger partial charge in [-0.2, -0.15) is 0 Å². The van der Waals surface area contributed by atoms with Crippen molar-refractivity contribution < 1.29 is 4.39 Å². The summed E-state index contributed by atoms with van der Waals surface area (Å²) in [5, 5.41) is 3.77. The quantitative estimate of drug-likeness (QED) is 0.730. The Morgan fingerprint density at radius 2 is 2.05 bits per heavy atom. The van der Waals surface area contributed by atoms with Crippen LogP contribution >= 0.6 is 23.4 Å². The fraction of sp³-hybridized carbons (Fsp3) is 0.294. The van der Waals surface area contributed by atoms with Crippen molar-refractivity contribution >= 4 is 23.4 Å². The number of rotatable bonds is 6. The summed E-state index contributed by atoms with van der Waals surface area (Å²) >= 11 is 7.55. The van der Waals surface area contributed by atoms with Crippen molar-refractivity contribution in [2.75, 3.05) is 12.3 Å². The molecule has 1 N–H and O–H groups in total. The highest BCUT2D eigenvalue weighted by Crippen LogP contribution is 2.27. The molecule has 0 bridgehead atoms. The molecular weight excluding hydrogens is 305 g/mol. The van der Waals surface area contributed by atoms with E-state index in [2.05, 4.69) is 30.4 Å². The van der Waals surface area contributed by atoms with Gasteiger partial charge >= 0.3 is 0 Å². The van der Waals surface area contributed by atoms with Crippen molar-refractivity contribution in [2.24, 2.45) is 0 Å². The minimum atomic E-state index is -0.252. The molecule has 4 heteroatoms. The Morgan fingerprint density at radius 1 is 1.24 bits per heavy atom. The molecule has 21 heavy (non-hydrogen) atoms. The Hall–Kier alpha value is -1.03. The highest BCUT2D eigenvalue weighted by Gasteiger charge is 2.15. The summed E-state index contributed by atoms with van der Waals surface area (Å²) in [5.41, 5.74) is 1.90. The van der Waals surface area contributed by atoms with Gasteiger partial charge in [0.1, 0.15) is 5.82 Å². The second kappa shape index (κ2) is 7.83. The van der Waals surface area contributed by atoms with Crippen LogP contribution < -0.4 is 5.32 Å². The zero-order valence-electron chi connectivity index (χ0n) is 12.2. The van der Waals surface area contributed by atoms with Crippen LogP contribution in [-0.2, 0) is 0 Å². The second-order valence-electron chi connectivity index (χ2n) is 4.90. The number of halogens is 2. The van der Waals surface area contributed by atoms with Crippen LogP contribution in [0.2, 0.25) is 5.02 Å². The lowest BCUT2D eigenvalue weighted by atomic mass is 10.1. The maximum atomic E-state index is 14.1. The van der Waals surface area contributed by atoms with E-state index in [9.17, 15) is 4.39 Å². The minimum absolute atomic E-state index is 0.0298. The maximum Gasteiger partial charge on any atom is 0.129 e. The summed E-state index contributed by atoms with van der Waals surface area (Å²) in [4.78, 5) is 1.20. The summed E-state index contributed by atoms with van der Waals surface area (Å²) in [6.45, 7) is 4.89. The molecule has 0 heterocycles. The number of aryl methyl sites for hydroxylation is 1. The maximum absolute atomic E-state index is 14.1. The largest absolute Gasteiger partial charge is 0.309 e. The Bertz CT molecular complexity index is 603. The van der Waals surface area contributed by atoms with E-state index in [-0.39, 0.29) is 11.9 Å². The normalized spacial score (nSPS) is 12.4. The average molecular weight is 324 g/mol. The molecule has 2 aromatic rings. The molecule has 1 atom stereocenters. The third-order valence-electron chi connectivity index (χ3n) is 3.19. The van der Waals surface area contributed by atoms with E-state index in [0.717, 1.165) is 12.3 Å².